The predicted molar refractivity (Wildman–Crippen MR) is 91.9 cm³/mol. The van der Waals surface area contributed by atoms with Crippen LogP contribution in [0.3, 0.4) is 0 Å². The highest BCUT2D eigenvalue weighted by atomic mass is 32.2. The zero-order chi connectivity index (χ0) is 18.9. The van der Waals surface area contributed by atoms with Gasteiger partial charge in [0.1, 0.15) is 6.04 Å². The first-order chi connectivity index (χ1) is 12.3. The van der Waals surface area contributed by atoms with Crippen molar-refractivity contribution in [1.82, 2.24) is 9.21 Å². The van der Waals surface area contributed by atoms with Crippen LogP contribution in [0.25, 0.3) is 0 Å². The van der Waals surface area contributed by atoms with Crippen LogP contribution in [-0.2, 0) is 24.3 Å². The molecular weight excluding hydrogens is 360 g/mol. The molecular formula is C17H22N2O6S. The minimum atomic E-state index is -3.78. The highest BCUT2D eigenvalue weighted by molar-refractivity contribution is 7.89. The zero-order valence-corrected chi connectivity index (χ0v) is 15.3. The van der Waals surface area contributed by atoms with Crippen LogP contribution in [0, 0.1) is 0 Å². The molecule has 142 valence electrons. The number of aliphatic carboxylic acids is 1. The molecule has 2 fully saturated rings. The summed E-state index contributed by atoms with van der Waals surface area (Å²) in [6.07, 6.45) is -0.503. The number of nitrogens with zero attached hydrogens (tertiary/aromatic N) is 2. The van der Waals surface area contributed by atoms with E-state index < -0.39 is 34.2 Å². The van der Waals surface area contributed by atoms with Gasteiger partial charge in [-0.1, -0.05) is 18.2 Å². The van der Waals surface area contributed by atoms with Crippen molar-refractivity contribution in [3.8, 4) is 0 Å². The predicted octanol–water partition coefficient (Wildman–Crippen LogP) is 0.540. The molecule has 3 atom stereocenters. The van der Waals surface area contributed by atoms with Crippen molar-refractivity contribution in [2.75, 3.05) is 19.6 Å². The molecule has 2 aliphatic rings. The summed E-state index contributed by atoms with van der Waals surface area (Å²) in [7, 11) is -3.78. The Labute approximate surface area is 152 Å². The number of benzene rings is 1. The summed E-state index contributed by atoms with van der Waals surface area (Å²) < 4.78 is 32.4. The number of rotatable bonds is 4. The summed E-state index contributed by atoms with van der Waals surface area (Å²) in [5, 5.41) is 9.18. The SMILES string of the molecule is C[C@@H]1CN(C(=O)C2CCCN2S(=O)(=O)c2ccccc2)CC(C(=O)O)O1. The lowest BCUT2D eigenvalue weighted by Crippen LogP contribution is -2.56. The van der Waals surface area contributed by atoms with Gasteiger partial charge < -0.3 is 14.7 Å². The highest BCUT2D eigenvalue weighted by Crippen LogP contribution is 2.28. The maximum Gasteiger partial charge on any atom is 0.334 e. The van der Waals surface area contributed by atoms with Crippen LogP contribution in [-0.4, -0.2) is 72.5 Å². The summed E-state index contributed by atoms with van der Waals surface area (Å²) in [4.78, 5) is 25.8. The molecule has 0 radical (unpaired) electrons. The van der Waals surface area contributed by atoms with Gasteiger partial charge >= 0.3 is 5.97 Å². The van der Waals surface area contributed by atoms with Gasteiger partial charge in [0.15, 0.2) is 6.10 Å². The van der Waals surface area contributed by atoms with Crippen molar-refractivity contribution in [2.24, 2.45) is 0 Å². The third-order valence-electron chi connectivity index (χ3n) is 4.69. The molecule has 2 unspecified atom stereocenters. The number of morpholine rings is 1. The molecule has 1 N–H and O–H groups in total. The molecule has 8 nitrogen and oxygen atoms in total. The number of sulfonamides is 1. The number of ether oxygens (including phenoxy) is 1. The Morgan fingerprint density at radius 1 is 1.19 bits per heavy atom. The van der Waals surface area contributed by atoms with Gasteiger partial charge in [-0.25, -0.2) is 13.2 Å². The summed E-state index contributed by atoms with van der Waals surface area (Å²) in [6, 6.07) is 7.22. The van der Waals surface area contributed by atoms with Crippen LogP contribution in [0.15, 0.2) is 35.2 Å². The van der Waals surface area contributed by atoms with E-state index in [1.165, 1.54) is 21.3 Å². The number of amides is 1. The average Bonchev–Trinajstić information content (AvgIpc) is 3.12. The van der Waals surface area contributed by atoms with Crippen LogP contribution < -0.4 is 0 Å². The number of carboxylic acids is 1. The van der Waals surface area contributed by atoms with E-state index >= 15 is 0 Å². The van der Waals surface area contributed by atoms with E-state index in [0.717, 1.165) is 0 Å². The molecule has 0 spiro atoms. The fraction of sp³-hybridized carbons (Fsp3) is 0.529. The fourth-order valence-corrected chi connectivity index (χ4v) is 5.15. The Morgan fingerprint density at radius 3 is 2.54 bits per heavy atom. The van der Waals surface area contributed by atoms with Gasteiger partial charge in [0.05, 0.1) is 17.5 Å². The molecule has 3 rings (SSSR count). The van der Waals surface area contributed by atoms with E-state index in [1.54, 1.807) is 25.1 Å². The maximum atomic E-state index is 13.0. The normalized spacial score (nSPS) is 27.4. The lowest BCUT2D eigenvalue weighted by Gasteiger charge is -2.37. The van der Waals surface area contributed by atoms with Crippen LogP contribution in [0.5, 0.6) is 0 Å². The average molecular weight is 382 g/mol. The second kappa shape index (κ2) is 7.34. The molecule has 26 heavy (non-hydrogen) atoms. The molecule has 9 heteroatoms. The van der Waals surface area contributed by atoms with Gasteiger partial charge in [-0.15, -0.1) is 0 Å². The van der Waals surface area contributed by atoms with Crippen molar-refractivity contribution < 1.29 is 27.9 Å². The second-order valence-electron chi connectivity index (χ2n) is 6.60. The Kier molecular flexibility index (Phi) is 5.31. The van der Waals surface area contributed by atoms with Crippen molar-refractivity contribution >= 4 is 21.9 Å². The third-order valence-corrected chi connectivity index (χ3v) is 6.61. The van der Waals surface area contributed by atoms with E-state index in [9.17, 15) is 23.1 Å². The van der Waals surface area contributed by atoms with Crippen LogP contribution in [0.4, 0.5) is 0 Å². The first-order valence-electron chi connectivity index (χ1n) is 8.54. The Balaban J connectivity index is 1.81. The lowest BCUT2D eigenvalue weighted by atomic mass is 10.1. The van der Waals surface area contributed by atoms with Crippen molar-refractivity contribution in [3.05, 3.63) is 30.3 Å². The maximum absolute atomic E-state index is 13.0. The third kappa shape index (κ3) is 3.60. The molecule has 1 aromatic carbocycles. The largest absolute Gasteiger partial charge is 0.479 e. The molecule has 1 amide bonds. The fourth-order valence-electron chi connectivity index (χ4n) is 3.48. The second-order valence-corrected chi connectivity index (χ2v) is 8.49. The summed E-state index contributed by atoms with van der Waals surface area (Å²) in [5.41, 5.74) is 0. The number of carboxylic acid groups (broad SMARTS) is 1. The van der Waals surface area contributed by atoms with E-state index in [-0.39, 0.29) is 30.4 Å². The monoisotopic (exact) mass is 382 g/mol. The number of carbonyl (C=O) groups is 2. The first-order valence-corrected chi connectivity index (χ1v) is 9.98. The topological polar surface area (TPSA) is 104 Å². The van der Waals surface area contributed by atoms with E-state index in [4.69, 9.17) is 4.74 Å². The van der Waals surface area contributed by atoms with Gasteiger partial charge in [0.25, 0.3) is 0 Å². The standard InChI is InChI=1S/C17H22N2O6S/c1-12-10-18(11-15(25-12)17(21)22)16(20)14-8-5-9-19(14)26(23,24)13-6-3-2-4-7-13/h2-4,6-7,12,14-15H,5,8-11H2,1H3,(H,21,22)/t12-,14?,15?/m1/s1. The summed E-state index contributed by atoms with van der Waals surface area (Å²) >= 11 is 0. The lowest BCUT2D eigenvalue weighted by molar-refractivity contribution is -0.167. The molecule has 0 saturated carbocycles. The molecule has 2 saturated heterocycles. The molecule has 0 bridgehead atoms. The van der Waals surface area contributed by atoms with Crippen LogP contribution in [0.2, 0.25) is 0 Å². The van der Waals surface area contributed by atoms with E-state index in [2.05, 4.69) is 0 Å². The molecule has 0 aromatic heterocycles. The van der Waals surface area contributed by atoms with Crippen LogP contribution >= 0.6 is 0 Å². The zero-order valence-electron chi connectivity index (χ0n) is 14.4. The summed E-state index contributed by atoms with van der Waals surface area (Å²) in [5.74, 6) is -1.49. The van der Waals surface area contributed by atoms with Gasteiger partial charge in [-0.2, -0.15) is 4.31 Å². The Hall–Kier alpha value is -1.97. The van der Waals surface area contributed by atoms with E-state index in [1.807, 2.05) is 0 Å². The summed E-state index contributed by atoms with van der Waals surface area (Å²) in [6.45, 7) is 2.14. The number of hydrogen-bond donors (Lipinski definition) is 1. The molecule has 0 aliphatic carbocycles. The minimum Gasteiger partial charge on any atom is -0.479 e. The van der Waals surface area contributed by atoms with Crippen molar-refractivity contribution in [1.29, 1.82) is 0 Å². The van der Waals surface area contributed by atoms with Crippen LogP contribution in [0.1, 0.15) is 19.8 Å². The van der Waals surface area contributed by atoms with Gasteiger partial charge in [-0.05, 0) is 31.9 Å². The molecule has 1 aromatic rings. The van der Waals surface area contributed by atoms with E-state index in [0.29, 0.717) is 12.8 Å². The van der Waals surface area contributed by atoms with Gasteiger partial charge in [0, 0.05) is 13.1 Å². The smallest absolute Gasteiger partial charge is 0.334 e. The Morgan fingerprint density at radius 2 is 1.88 bits per heavy atom. The molecule has 2 heterocycles. The number of hydrogen-bond acceptors (Lipinski definition) is 5. The quantitative estimate of drug-likeness (QED) is 0.815. The number of carbonyl (C=O) groups excluding carboxylic acids is 1. The minimum absolute atomic E-state index is 0.0752. The van der Waals surface area contributed by atoms with Crippen molar-refractivity contribution in [3.63, 3.8) is 0 Å². The van der Waals surface area contributed by atoms with Gasteiger partial charge in [0.2, 0.25) is 15.9 Å². The first kappa shape index (κ1) is 18.8. The highest BCUT2D eigenvalue weighted by Gasteiger charge is 2.43. The molecule has 2 aliphatic heterocycles. The Bertz CT molecular complexity index is 782. The van der Waals surface area contributed by atoms with Crippen molar-refractivity contribution in [2.45, 2.75) is 42.9 Å². The van der Waals surface area contributed by atoms with Gasteiger partial charge in [-0.3, -0.25) is 4.79 Å².